The van der Waals surface area contributed by atoms with E-state index in [1.165, 1.54) is 11.0 Å². The summed E-state index contributed by atoms with van der Waals surface area (Å²) in [4.78, 5) is 76.9. The number of amides is 6. The highest BCUT2D eigenvalue weighted by Gasteiger charge is 2.45. The molecule has 0 spiro atoms. The summed E-state index contributed by atoms with van der Waals surface area (Å²) >= 11 is 0. The third-order valence-electron chi connectivity index (χ3n) is 8.81. The maximum atomic E-state index is 13.2. The molecule has 3 rings (SSSR count). The minimum Gasteiger partial charge on any atom is -0.444 e. The SMILES string of the molecule is CN(CCOCCOCCOCCOCCOCCOCCOCCOCCCCCC(=O)Nc1cccc2c1C(=O)N(C1CCC(=O)NC1=O)C2=O)C(=O)OC(C)(C)C. The lowest BCUT2D eigenvalue weighted by Gasteiger charge is -2.27. The minimum absolute atomic E-state index is 0.0256. The van der Waals surface area contributed by atoms with Gasteiger partial charge in [-0.2, -0.15) is 0 Å². The van der Waals surface area contributed by atoms with Crippen LogP contribution >= 0.6 is 0 Å². The summed E-state index contributed by atoms with van der Waals surface area (Å²) in [7, 11) is 1.67. The van der Waals surface area contributed by atoms with Gasteiger partial charge in [0.15, 0.2) is 0 Å². The smallest absolute Gasteiger partial charge is 0.410 e. The second kappa shape index (κ2) is 28.4. The fraction of sp³-hybridized carbons (Fsp3) is 0.707. The quantitative estimate of drug-likeness (QED) is 0.0787. The van der Waals surface area contributed by atoms with Crippen molar-refractivity contribution in [2.75, 3.05) is 125 Å². The first kappa shape index (κ1) is 50.3. The second-order valence-electron chi connectivity index (χ2n) is 14.8. The summed E-state index contributed by atoms with van der Waals surface area (Å²) in [5.41, 5.74) is -0.153. The molecule has 19 heteroatoms. The van der Waals surface area contributed by atoms with E-state index in [1.807, 2.05) is 20.8 Å². The Morgan fingerprint density at radius 2 is 1.20 bits per heavy atom. The number of nitrogens with zero attached hydrogens (tertiary/aromatic N) is 2. The van der Waals surface area contributed by atoms with Crippen molar-refractivity contribution >= 4 is 41.3 Å². The summed E-state index contributed by atoms with van der Waals surface area (Å²) < 4.78 is 49.3. The summed E-state index contributed by atoms with van der Waals surface area (Å²) in [6, 6.07) is 3.52. The Hall–Kier alpha value is -4.08. The Balaban J connectivity index is 1.02. The molecular formula is C41H64N4O15. The molecule has 0 bridgehead atoms. The van der Waals surface area contributed by atoms with E-state index in [0.29, 0.717) is 119 Å². The molecule has 1 saturated heterocycles. The molecule has 60 heavy (non-hydrogen) atoms. The highest BCUT2D eigenvalue weighted by Crippen LogP contribution is 2.32. The molecule has 0 saturated carbocycles. The summed E-state index contributed by atoms with van der Waals surface area (Å²) in [5.74, 6) is -2.73. The molecule has 2 heterocycles. The number of fused-ring (bicyclic) bond motifs is 1. The maximum absolute atomic E-state index is 13.2. The first-order chi connectivity index (χ1) is 28.9. The second-order valence-corrected chi connectivity index (χ2v) is 14.8. The number of rotatable bonds is 32. The van der Waals surface area contributed by atoms with Gasteiger partial charge in [-0.05, 0) is 52.2 Å². The van der Waals surface area contributed by atoms with Gasteiger partial charge in [0, 0.05) is 33.0 Å². The zero-order valence-electron chi connectivity index (χ0n) is 35.6. The molecule has 2 aliphatic rings. The van der Waals surface area contributed by atoms with Gasteiger partial charge in [-0.1, -0.05) is 12.5 Å². The van der Waals surface area contributed by atoms with Crippen LogP contribution in [0.15, 0.2) is 18.2 Å². The number of nitrogens with one attached hydrogen (secondary N) is 2. The van der Waals surface area contributed by atoms with Gasteiger partial charge in [-0.3, -0.25) is 34.2 Å². The Morgan fingerprint density at radius 3 is 1.70 bits per heavy atom. The zero-order chi connectivity index (χ0) is 43.6. The third kappa shape index (κ3) is 19.5. The van der Waals surface area contributed by atoms with Gasteiger partial charge < -0.3 is 52.8 Å². The van der Waals surface area contributed by atoms with Gasteiger partial charge in [-0.15, -0.1) is 0 Å². The fourth-order valence-electron chi connectivity index (χ4n) is 5.77. The van der Waals surface area contributed by atoms with Crippen molar-refractivity contribution in [2.24, 2.45) is 0 Å². The van der Waals surface area contributed by atoms with Crippen molar-refractivity contribution < 1.29 is 71.4 Å². The number of carbonyl (C=O) groups excluding carboxylic acids is 6. The predicted octanol–water partition coefficient (Wildman–Crippen LogP) is 2.59. The number of imide groups is 2. The molecule has 0 aliphatic carbocycles. The van der Waals surface area contributed by atoms with E-state index in [1.54, 1.807) is 19.2 Å². The zero-order valence-corrected chi connectivity index (χ0v) is 35.6. The molecule has 1 fully saturated rings. The minimum atomic E-state index is -1.08. The van der Waals surface area contributed by atoms with Gasteiger partial charge in [0.1, 0.15) is 11.6 Å². The Morgan fingerprint density at radius 1 is 0.700 bits per heavy atom. The summed E-state index contributed by atoms with van der Waals surface area (Å²) in [6.45, 7) is 13.1. The van der Waals surface area contributed by atoms with Crippen molar-refractivity contribution in [3.63, 3.8) is 0 Å². The Bertz CT molecular complexity index is 1500. The average Bonchev–Trinajstić information content (AvgIpc) is 3.45. The standard InChI is InChI=1S/C41H64N4O15/c1-41(2,3)60-40(51)44(4)14-16-53-18-20-55-22-24-57-26-28-59-30-29-58-27-25-56-23-21-54-19-17-52-15-7-5-6-11-34(46)42-32-10-8-9-31-36(32)39(50)45(38(31)49)33-12-13-35(47)43-37(33)48/h8-10,33H,5-7,11-30H2,1-4H3,(H,42,46)(H,43,47,48). The number of piperidine rings is 1. The molecular weight excluding hydrogens is 788 g/mol. The monoisotopic (exact) mass is 852 g/mol. The number of likely N-dealkylation sites (N-methyl/N-ethyl adjacent to an activating group) is 1. The number of benzene rings is 1. The van der Waals surface area contributed by atoms with Crippen molar-refractivity contribution in [1.29, 1.82) is 0 Å². The van der Waals surface area contributed by atoms with E-state index in [9.17, 15) is 28.8 Å². The van der Waals surface area contributed by atoms with E-state index in [2.05, 4.69) is 10.6 Å². The van der Waals surface area contributed by atoms with E-state index in [4.69, 9.17) is 42.6 Å². The lowest BCUT2D eigenvalue weighted by Crippen LogP contribution is -2.54. The molecule has 1 aromatic carbocycles. The number of hydrogen-bond acceptors (Lipinski definition) is 15. The highest BCUT2D eigenvalue weighted by atomic mass is 16.6. The van der Waals surface area contributed by atoms with Crippen LogP contribution in [0.5, 0.6) is 0 Å². The van der Waals surface area contributed by atoms with E-state index < -0.39 is 35.3 Å². The van der Waals surface area contributed by atoms with Crippen molar-refractivity contribution in [3.05, 3.63) is 29.3 Å². The average molecular weight is 853 g/mol. The van der Waals surface area contributed by atoms with Crippen LogP contribution in [0.4, 0.5) is 10.5 Å². The van der Waals surface area contributed by atoms with Gasteiger partial charge in [0.2, 0.25) is 17.7 Å². The molecule has 1 aromatic rings. The lowest BCUT2D eigenvalue weighted by molar-refractivity contribution is -0.136. The molecule has 0 radical (unpaired) electrons. The number of unbranched alkanes of at least 4 members (excludes halogenated alkanes) is 2. The normalized spacial score (nSPS) is 15.3. The van der Waals surface area contributed by atoms with Crippen LogP contribution in [-0.4, -0.2) is 176 Å². The van der Waals surface area contributed by atoms with E-state index in [-0.39, 0.29) is 48.1 Å². The summed E-state index contributed by atoms with van der Waals surface area (Å²) in [6.07, 6.45) is 2.05. The molecule has 1 atom stereocenters. The van der Waals surface area contributed by atoms with Crippen LogP contribution in [0.2, 0.25) is 0 Å². The molecule has 0 aromatic heterocycles. The Kier molecular flexibility index (Phi) is 23.8. The van der Waals surface area contributed by atoms with Gasteiger partial charge in [0.05, 0.1) is 116 Å². The molecule has 6 amide bonds. The Labute approximate surface area is 352 Å². The van der Waals surface area contributed by atoms with Gasteiger partial charge in [0.25, 0.3) is 11.8 Å². The number of anilines is 1. The van der Waals surface area contributed by atoms with Crippen LogP contribution in [0.1, 0.15) is 80.0 Å². The summed E-state index contributed by atoms with van der Waals surface area (Å²) in [5, 5.41) is 4.90. The molecule has 2 N–H and O–H groups in total. The topological polar surface area (TPSA) is 216 Å². The lowest BCUT2D eigenvalue weighted by atomic mass is 10.0. The van der Waals surface area contributed by atoms with Crippen molar-refractivity contribution in [2.45, 2.75) is 70.9 Å². The fourth-order valence-corrected chi connectivity index (χ4v) is 5.77. The molecule has 19 nitrogen and oxygen atoms in total. The number of ether oxygens (including phenoxy) is 9. The largest absolute Gasteiger partial charge is 0.444 e. The third-order valence-corrected chi connectivity index (χ3v) is 8.81. The van der Waals surface area contributed by atoms with Crippen LogP contribution < -0.4 is 10.6 Å². The maximum Gasteiger partial charge on any atom is 0.410 e. The number of hydrogen-bond donors (Lipinski definition) is 2. The van der Waals surface area contributed by atoms with Crippen LogP contribution in [0.3, 0.4) is 0 Å². The molecule has 338 valence electrons. The first-order valence-electron chi connectivity index (χ1n) is 20.6. The number of carbonyl (C=O) groups is 6. The van der Waals surface area contributed by atoms with E-state index in [0.717, 1.165) is 17.7 Å². The molecule has 1 unspecified atom stereocenters. The van der Waals surface area contributed by atoms with Gasteiger partial charge in [-0.25, -0.2) is 4.79 Å². The highest BCUT2D eigenvalue weighted by molar-refractivity contribution is 6.26. The van der Waals surface area contributed by atoms with Crippen LogP contribution in [0.25, 0.3) is 0 Å². The van der Waals surface area contributed by atoms with E-state index >= 15 is 0 Å². The predicted molar refractivity (Wildman–Crippen MR) is 216 cm³/mol. The van der Waals surface area contributed by atoms with Gasteiger partial charge >= 0.3 is 6.09 Å². The van der Waals surface area contributed by atoms with Crippen LogP contribution in [-0.2, 0) is 57.0 Å². The van der Waals surface area contributed by atoms with Crippen molar-refractivity contribution in [1.82, 2.24) is 15.1 Å². The first-order valence-corrected chi connectivity index (χ1v) is 20.6. The van der Waals surface area contributed by atoms with Crippen LogP contribution in [0, 0.1) is 0 Å². The molecule has 2 aliphatic heterocycles. The van der Waals surface area contributed by atoms with Crippen molar-refractivity contribution in [3.8, 4) is 0 Å².